The highest BCUT2D eigenvalue weighted by atomic mass is 16.5. The minimum Gasteiger partial charge on any atom is -0.508 e. The highest BCUT2D eigenvalue weighted by Crippen LogP contribution is 2.26. The Bertz CT molecular complexity index is 313. The van der Waals surface area contributed by atoms with E-state index in [0.717, 1.165) is 5.56 Å². The quantitative estimate of drug-likeness (QED) is 0.773. The lowest BCUT2D eigenvalue weighted by Gasteiger charge is -2.18. The van der Waals surface area contributed by atoms with Gasteiger partial charge in [0.05, 0.1) is 12.7 Å². The first-order valence-electron chi connectivity index (χ1n) is 4.50. The fourth-order valence-electron chi connectivity index (χ4n) is 1.35. The molecule has 0 aliphatic rings. The van der Waals surface area contributed by atoms with Gasteiger partial charge in [0.1, 0.15) is 11.5 Å². The molecule has 3 nitrogen and oxygen atoms in total. The van der Waals surface area contributed by atoms with Gasteiger partial charge < -0.3 is 14.9 Å². The van der Waals surface area contributed by atoms with E-state index in [4.69, 9.17) is 4.74 Å². The molecule has 0 spiro atoms. The van der Waals surface area contributed by atoms with Crippen LogP contribution in [0, 0.1) is 0 Å². The van der Waals surface area contributed by atoms with Gasteiger partial charge in [-0.15, -0.1) is 0 Å². The first-order chi connectivity index (χ1) is 6.42. The van der Waals surface area contributed by atoms with Crippen molar-refractivity contribution in [3.8, 4) is 11.5 Å². The summed E-state index contributed by atoms with van der Waals surface area (Å²) >= 11 is 0. The van der Waals surface area contributed by atoms with Gasteiger partial charge in [-0.2, -0.15) is 0 Å². The molecule has 0 unspecified atom stereocenters. The van der Waals surface area contributed by atoms with Gasteiger partial charge in [-0.3, -0.25) is 0 Å². The van der Waals surface area contributed by atoms with Crippen molar-refractivity contribution >= 4 is 0 Å². The molecule has 0 bridgehead atoms. The molecule has 1 rings (SSSR count). The summed E-state index contributed by atoms with van der Waals surface area (Å²) in [4.78, 5) is 0. The zero-order valence-electron chi connectivity index (χ0n) is 8.74. The molecule has 1 aromatic carbocycles. The van der Waals surface area contributed by atoms with Crippen molar-refractivity contribution in [2.75, 3.05) is 7.11 Å². The van der Waals surface area contributed by atoms with Gasteiger partial charge in [0.2, 0.25) is 0 Å². The predicted molar refractivity (Wildman–Crippen MR) is 54.7 cm³/mol. The van der Waals surface area contributed by atoms with Gasteiger partial charge in [-0.05, 0) is 25.5 Å². The molecule has 0 saturated carbocycles. The summed E-state index contributed by atoms with van der Waals surface area (Å²) in [5.74, 6) is 0.772. The number of aromatic hydroxyl groups is 1. The van der Waals surface area contributed by atoms with E-state index in [9.17, 15) is 10.2 Å². The summed E-state index contributed by atoms with van der Waals surface area (Å²) in [5, 5.41) is 18.9. The Hall–Kier alpha value is -1.22. The van der Waals surface area contributed by atoms with Crippen molar-refractivity contribution < 1.29 is 14.9 Å². The normalized spacial score (nSPS) is 11.4. The topological polar surface area (TPSA) is 49.7 Å². The van der Waals surface area contributed by atoms with Gasteiger partial charge in [-0.25, -0.2) is 0 Å². The van der Waals surface area contributed by atoms with E-state index in [0.29, 0.717) is 12.2 Å². The Morgan fingerprint density at radius 3 is 2.50 bits per heavy atom. The summed E-state index contributed by atoms with van der Waals surface area (Å²) < 4.78 is 5.10. The van der Waals surface area contributed by atoms with Crippen LogP contribution in [0.15, 0.2) is 18.2 Å². The average Bonchev–Trinajstić information content (AvgIpc) is 2.06. The molecule has 14 heavy (non-hydrogen) atoms. The molecule has 0 saturated heterocycles. The zero-order valence-corrected chi connectivity index (χ0v) is 8.74. The molecule has 1 aromatic rings. The maximum absolute atomic E-state index is 9.64. The lowest BCUT2D eigenvalue weighted by molar-refractivity contribution is 0.0802. The second kappa shape index (κ2) is 3.88. The molecular formula is C11H16O3. The predicted octanol–water partition coefficient (Wildman–Crippen LogP) is 1.71. The molecule has 0 heterocycles. The second-order valence-corrected chi connectivity index (χ2v) is 3.99. The lowest BCUT2D eigenvalue weighted by Crippen LogP contribution is -2.22. The van der Waals surface area contributed by atoms with Crippen LogP contribution < -0.4 is 4.74 Å². The third-order valence-corrected chi connectivity index (χ3v) is 1.89. The maximum Gasteiger partial charge on any atom is 0.125 e. The SMILES string of the molecule is COc1cc(O)ccc1CC(C)(C)O. The third kappa shape index (κ3) is 2.92. The minimum atomic E-state index is -0.774. The van der Waals surface area contributed by atoms with E-state index in [2.05, 4.69) is 0 Å². The fraction of sp³-hybridized carbons (Fsp3) is 0.455. The van der Waals surface area contributed by atoms with Gasteiger partial charge in [0.15, 0.2) is 0 Å². The molecule has 3 heteroatoms. The first kappa shape index (κ1) is 10.9. The van der Waals surface area contributed by atoms with Crippen molar-refractivity contribution in [2.45, 2.75) is 25.9 Å². The number of methoxy groups -OCH3 is 1. The van der Waals surface area contributed by atoms with Crippen LogP contribution >= 0.6 is 0 Å². The van der Waals surface area contributed by atoms with Crippen molar-refractivity contribution in [1.29, 1.82) is 0 Å². The van der Waals surface area contributed by atoms with Gasteiger partial charge in [0.25, 0.3) is 0 Å². The summed E-state index contributed by atoms with van der Waals surface area (Å²) in [7, 11) is 1.54. The Morgan fingerprint density at radius 1 is 1.36 bits per heavy atom. The maximum atomic E-state index is 9.64. The number of phenols is 1. The average molecular weight is 196 g/mol. The number of hydrogen-bond acceptors (Lipinski definition) is 3. The fourth-order valence-corrected chi connectivity index (χ4v) is 1.35. The van der Waals surface area contributed by atoms with Crippen molar-refractivity contribution in [3.05, 3.63) is 23.8 Å². The van der Waals surface area contributed by atoms with Gasteiger partial charge in [0, 0.05) is 12.5 Å². The van der Waals surface area contributed by atoms with Gasteiger partial charge in [-0.1, -0.05) is 6.07 Å². The number of aliphatic hydroxyl groups is 1. The highest BCUT2D eigenvalue weighted by Gasteiger charge is 2.16. The van der Waals surface area contributed by atoms with Crippen LogP contribution in [0.3, 0.4) is 0 Å². The summed E-state index contributed by atoms with van der Waals surface area (Å²) in [6, 6.07) is 4.89. The van der Waals surface area contributed by atoms with Crippen LogP contribution in [0.2, 0.25) is 0 Å². The van der Waals surface area contributed by atoms with Crippen molar-refractivity contribution in [2.24, 2.45) is 0 Å². The molecule has 0 amide bonds. The number of hydrogen-bond donors (Lipinski definition) is 2. The number of benzene rings is 1. The molecule has 0 aliphatic heterocycles. The molecule has 0 atom stereocenters. The van der Waals surface area contributed by atoms with Gasteiger partial charge >= 0.3 is 0 Å². The Kier molecular flexibility index (Phi) is 3.01. The smallest absolute Gasteiger partial charge is 0.125 e. The van der Waals surface area contributed by atoms with E-state index < -0.39 is 5.60 Å². The van der Waals surface area contributed by atoms with E-state index in [-0.39, 0.29) is 5.75 Å². The standard InChI is InChI=1S/C11H16O3/c1-11(2,13)7-8-4-5-9(12)6-10(8)14-3/h4-6,12-13H,7H2,1-3H3. The minimum absolute atomic E-state index is 0.168. The van der Waals surface area contributed by atoms with E-state index in [1.165, 1.54) is 0 Å². The van der Waals surface area contributed by atoms with Crippen LogP contribution in [0.4, 0.5) is 0 Å². The van der Waals surface area contributed by atoms with E-state index in [1.807, 2.05) is 0 Å². The summed E-state index contributed by atoms with van der Waals surface area (Å²) in [5.41, 5.74) is 0.113. The van der Waals surface area contributed by atoms with Crippen LogP contribution in [0.1, 0.15) is 19.4 Å². The highest BCUT2D eigenvalue weighted by molar-refractivity contribution is 5.40. The molecule has 0 aromatic heterocycles. The van der Waals surface area contributed by atoms with Crippen LogP contribution in [0.5, 0.6) is 11.5 Å². The Morgan fingerprint density at radius 2 is 2.00 bits per heavy atom. The summed E-state index contributed by atoms with van der Waals surface area (Å²) in [6.07, 6.45) is 0.496. The van der Waals surface area contributed by atoms with Crippen molar-refractivity contribution in [3.63, 3.8) is 0 Å². The zero-order chi connectivity index (χ0) is 10.8. The summed E-state index contributed by atoms with van der Waals surface area (Å²) in [6.45, 7) is 3.47. The molecular weight excluding hydrogens is 180 g/mol. The van der Waals surface area contributed by atoms with E-state index >= 15 is 0 Å². The molecule has 0 aliphatic carbocycles. The lowest BCUT2D eigenvalue weighted by atomic mass is 9.98. The second-order valence-electron chi connectivity index (χ2n) is 3.99. The van der Waals surface area contributed by atoms with Crippen LogP contribution in [0.25, 0.3) is 0 Å². The number of phenolic OH excluding ortho intramolecular Hbond substituents is 1. The van der Waals surface area contributed by atoms with Crippen molar-refractivity contribution in [1.82, 2.24) is 0 Å². The number of rotatable bonds is 3. The monoisotopic (exact) mass is 196 g/mol. The molecule has 0 radical (unpaired) electrons. The number of ether oxygens (including phenoxy) is 1. The van der Waals surface area contributed by atoms with Crippen LogP contribution in [-0.4, -0.2) is 22.9 Å². The molecule has 78 valence electrons. The third-order valence-electron chi connectivity index (χ3n) is 1.89. The molecule has 2 N–H and O–H groups in total. The van der Waals surface area contributed by atoms with Crippen LogP contribution in [-0.2, 0) is 6.42 Å². The Balaban J connectivity index is 2.97. The molecule has 0 fully saturated rings. The van der Waals surface area contributed by atoms with E-state index in [1.54, 1.807) is 39.2 Å². The first-order valence-corrected chi connectivity index (χ1v) is 4.50. The largest absolute Gasteiger partial charge is 0.508 e. The Labute approximate surface area is 84.0 Å².